The average Bonchev–Trinajstić information content (AvgIpc) is 2.55. The second-order valence-corrected chi connectivity index (χ2v) is 6.60. The molecule has 0 fully saturated rings. The van der Waals surface area contributed by atoms with Gasteiger partial charge in [0.15, 0.2) is 0 Å². The molecule has 2 heterocycles. The van der Waals surface area contributed by atoms with Crippen LogP contribution >= 0.6 is 15.9 Å². The normalized spacial score (nSPS) is 19.3. The standard InChI is InChI=1S/C13H20BrN3O2/c1-8-10(14)17-7-6-16(9(2)11(17)15-8)12(18)19-13(3,4)5/h9H,6-7H2,1-5H3. The molecule has 1 aliphatic rings. The predicted octanol–water partition coefficient (Wildman–Crippen LogP) is 3.27. The fourth-order valence-corrected chi connectivity index (χ4v) is 2.66. The number of rotatable bonds is 0. The van der Waals surface area contributed by atoms with E-state index in [4.69, 9.17) is 4.74 Å². The summed E-state index contributed by atoms with van der Waals surface area (Å²) in [6.07, 6.45) is -0.275. The number of carbonyl (C=O) groups excluding carboxylic acids is 1. The second-order valence-electron chi connectivity index (χ2n) is 5.85. The first-order valence-corrected chi connectivity index (χ1v) is 7.22. The van der Waals surface area contributed by atoms with Crippen molar-refractivity contribution in [2.75, 3.05) is 6.54 Å². The van der Waals surface area contributed by atoms with E-state index in [1.165, 1.54) is 0 Å². The van der Waals surface area contributed by atoms with E-state index in [9.17, 15) is 4.79 Å². The molecule has 0 radical (unpaired) electrons. The first-order chi connectivity index (χ1) is 8.70. The van der Waals surface area contributed by atoms with Crippen LogP contribution < -0.4 is 0 Å². The first kappa shape index (κ1) is 14.4. The minimum atomic E-state index is -0.472. The summed E-state index contributed by atoms with van der Waals surface area (Å²) < 4.78 is 8.55. The zero-order chi connectivity index (χ0) is 14.4. The zero-order valence-corrected chi connectivity index (χ0v) is 13.6. The van der Waals surface area contributed by atoms with E-state index in [1.54, 1.807) is 4.90 Å². The van der Waals surface area contributed by atoms with Crippen LogP contribution in [0.5, 0.6) is 0 Å². The number of carbonyl (C=O) groups is 1. The summed E-state index contributed by atoms with van der Waals surface area (Å²) >= 11 is 3.53. The van der Waals surface area contributed by atoms with Gasteiger partial charge in [0.2, 0.25) is 0 Å². The molecule has 19 heavy (non-hydrogen) atoms. The summed E-state index contributed by atoms with van der Waals surface area (Å²) in [5.74, 6) is 0.904. The Morgan fingerprint density at radius 3 is 2.63 bits per heavy atom. The van der Waals surface area contributed by atoms with Crippen LogP contribution in [0.1, 0.15) is 45.3 Å². The van der Waals surface area contributed by atoms with E-state index in [0.717, 1.165) is 22.7 Å². The largest absolute Gasteiger partial charge is 0.444 e. The molecular formula is C13H20BrN3O2. The fraction of sp³-hybridized carbons (Fsp3) is 0.692. The third-order valence-electron chi connectivity index (χ3n) is 3.13. The number of ether oxygens (including phenoxy) is 1. The number of fused-ring (bicyclic) bond motifs is 1. The smallest absolute Gasteiger partial charge is 0.410 e. The molecule has 0 saturated heterocycles. The average molecular weight is 330 g/mol. The van der Waals surface area contributed by atoms with Gasteiger partial charge in [0.25, 0.3) is 0 Å². The number of nitrogens with zero attached hydrogens (tertiary/aromatic N) is 3. The van der Waals surface area contributed by atoms with Crippen LogP contribution in [0.25, 0.3) is 0 Å². The van der Waals surface area contributed by atoms with Gasteiger partial charge in [0.1, 0.15) is 16.0 Å². The number of amides is 1. The quantitative estimate of drug-likeness (QED) is 0.733. The molecule has 0 aliphatic carbocycles. The highest BCUT2D eigenvalue weighted by atomic mass is 79.9. The van der Waals surface area contributed by atoms with Gasteiger partial charge in [-0.25, -0.2) is 9.78 Å². The van der Waals surface area contributed by atoms with Crippen molar-refractivity contribution in [2.45, 2.75) is 52.8 Å². The van der Waals surface area contributed by atoms with Gasteiger partial charge < -0.3 is 9.30 Å². The number of hydrogen-bond acceptors (Lipinski definition) is 3. The number of aryl methyl sites for hydroxylation is 1. The Balaban J connectivity index is 2.22. The molecule has 1 aromatic rings. The Morgan fingerprint density at radius 1 is 1.42 bits per heavy atom. The first-order valence-electron chi connectivity index (χ1n) is 6.43. The molecule has 1 unspecified atom stereocenters. The molecule has 6 heteroatoms. The van der Waals surface area contributed by atoms with Crippen molar-refractivity contribution in [2.24, 2.45) is 0 Å². The van der Waals surface area contributed by atoms with Gasteiger partial charge in [-0.3, -0.25) is 4.90 Å². The van der Waals surface area contributed by atoms with Crippen molar-refractivity contribution in [3.63, 3.8) is 0 Å². The molecule has 0 N–H and O–H groups in total. The molecule has 1 aromatic heterocycles. The van der Waals surface area contributed by atoms with Gasteiger partial charge >= 0.3 is 6.09 Å². The van der Waals surface area contributed by atoms with Crippen LogP contribution in [0.15, 0.2) is 4.60 Å². The molecule has 0 bridgehead atoms. The van der Waals surface area contributed by atoms with Crippen LogP contribution in [-0.2, 0) is 11.3 Å². The zero-order valence-electron chi connectivity index (χ0n) is 12.0. The summed E-state index contributed by atoms with van der Waals surface area (Å²) in [6.45, 7) is 10.9. The summed E-state index contributed by atoms with van der Waals surface area (Å²) in [6, 6.07) is -0.0754. The second kappa shape index (κ2) is 4.81. The molecule has 1 amide bonds. The van der Waals surface area contributed by atoms with Crippen LogP contribution in [0.3, 0.4) is 0 Å². The van der Waals surface area contributed by atoms with Gasteiger partial charge in [0.05, 0.1) is 11.7 Å². The number of hydrogen-bond donors (Lipinski definition) is 0. The molecule has 106 valence electrons. The highest BCUT2D eigenvalue weighted by Gasteiger charge is 2.33. The Hall–Kier alpha value is -1.04. The van der Waals surface area contributed by atoms with Crippen LogP contribution in [0.2, 0.25) is 0 Å². The molecular weight excluding hydrogens is 310 g/mol. The highest BCUT2D eigenvalue weighted by Crippen LogP contribution is 2.30. The Bertz CT molecular complexity index is 505. The van der Waals surface area contributed by atoms with E-state index in [2.05, 4.69) is 25.5 Å². The van der Waals surface area contributed by atoms with Crippen molar-refractivity contribution in [3.8, 4) is 0 Å². The van der Waals surface area contributed by atoms with Crippen molar-refractivity contribution in [1.82, 2.24) is 14.5 Å². The van der Waals surface area contributed by atoms with Crippen molar-refractivity contribution in [3.05, 3.63) is 16.1 Å². The summed E-state index contributed by atoms with van der Waals surface area (Å²) in [5.41, 5.74) is 0.480. The van der Waals surface area contributed by atoms with Crippen LogP contribution in [0, 0.1) is 6.92 Å². The van der Waals surface area contributed by atoms with Crippen LogP contribution in [-0.4, -0.2) is 32.7 Å². The van der Waals surface area contributed by atoms with E-state index in [-0.39, 0.29) is 12.1 Å². The monoisotopic (exact) mass is 329 g/mol. The third-order valence-corrected chi connectivity index (χ3v) is 4.13. The van der Waals surface area contributed by atoms with Crippen molar-refractivity contribution < 1.29 is 9.53 Å². The molecule has 0 spiro atoms. The lowest BCUT2D eigenvalue weighted by atomic mass is 10.2. The van der Waals surface area contributed by atoms with Crippen molar-refractivity contribution >= 4 is 22.0 Å². The Morgan fingerprint density at radius 2 is 2.05 bits per heavy atom. The maximum absolute atomic E-state index is 12.2. The lowest BCUT2D eigenvalue weighted by molar-refractivity contribution is 0.0120. The van der Waals surface area contributed by atoms with Gasteiger partial charge in [-0.1, -0.05) is 0 Å². The van der Waals surface area contributed by atoms with Gasteiger partial charge in [0, 0.05) is 13.1 Å². The van der Waals surface area contributed by atoms with E-state index < -0.39 is 5.60 Å². The predicted molar refractivity (Wildman–Crippen MR) is 76.0 cm³/mol. The lowest BCUT2D eigenvalue weighted by Crippen LogP contribution is -2.43. The summed E-state index contributed by atoms with van der Waals surface area (Å²) in [7, 11) is 0. The van der Waals surface area contributed by atoms with E-state index in [0.29, 0.717) is 6.54 Å². The van der Waals surface area contributed by atoms with Gasteiger partial charge in [-0.2, -0.15) is 0 Å². The minimum absolute atomic E-state index is 0.0754. The van der Waals surface area contributed by atoms with Crippen molar-refractivity contribution in [1.29, 1.82) is 0 Å². The van der Waals surface area contributed by atoms with E-state index in [1.807, 2.05) is 34.6 Å². The minimum Gasteiger partial charge on any atom is -0.444 e. The fourth-order valence-electron chi connectivity index (χ4n) is 2.22. The number of aromatic nitrogens is 2. The van der Waals surface area contributed by atoms with Gasteiger partial charge in [-0.15, -0.1) is 0 Å². The molecule has 5 nitrogen and oxygen atoms in total. The van der Waals surface area contributed by atoms with E-state index >= 15 is 0 Å². The molecule has 1 aliphatic heterocycles. The molecule has 0 aromatic carbocycles. The number of imidazole rings is 1. The van der Waals surface area contributed by atoms with Crippen LogP contribution in [0.4, 0.5) is 4.79 Å². The van der Waals surface area contributed by atoms with Gasteiger partial charge in [-0.05, 0) is 50.5 Å². The maximum Gasteiger partial charge on any atom is 0.410 e. The summed E-state index contributed by atoms with van der Waals surface area (Å²) in [4.78, 5) is 18.4. The Kier molecular flexibility index (Phi) is 3.64. The molecule has 0 saturated carbocycles. The highest BCUT2D eigenvalue weighted by molar-refractivity contribution is 9.10. The Labute approximate surface area is 122 Å². The topological polar surface area (TPSA) is 47.4 Å². The molecule has 1 atom stereocenters. The number of halogens is 1. The third kappa shape index (κ3) is 2.78. The maximum atomic E-state index is 12.2. The SMILES string of the molecule is Cc1nc2n(c1Br)CCN(C(=O)OC(C)(C)C)C2C. The summed E-state index contributed by atoms with van der Waals surface area (Å²) in [5, 5.41) is 0. The lowest BCUT2D eigenvalue weighted by Gasteiger charge is -2.35. The molecule has 2 rings (SSSR count).